The molecule has 1 aromatic rings. The Morgan fingerprint density at radius 3 is 2.65 bits per heavy atom. The third-order valence-corrected chi connectivity index (χ3v) is 2.39. The van der Waals surface area contributed by atoms with Gasteiger partial charge in [-0.15, -0.1) is 0 Å². The van der Waals surface area contributed by atoms with E-state index in [9.17, 15) is 9.59 Å². The molecule has 17 heavy (non-hydrogen) atoms. The number of hydrogen-bond acceptors (Lipinski definition) is 4. The molecule has 1 heterocycles. The lowest BCUT2D eigenvalue weighted by atomic mass is 10.2. The van der Waals surface area contributed by atoms with Crippen LogP contribution in [-0.4, -0.2) is 40.8 Å². The molecule has 2 amide bonds. The first-order valence-electron chi connectivity index (χ1n) is 5.06. The van der Waals surface area contributed by atoms with Crippen LogP contribution in [0.25, 0.3) is 0 Å². The van der Waals surface area contributed by atoms with Crippen molar-refractivity contribution in [3.05, 3.63) is 35.9 Å². The molecule has 0 radical (unpaired) electrons. The Morgan fingerprint density at radius 1 is 1.29 bits per heavy atom. The number of amidine groups is 1. The summed E-state index contributed by atoms with van der Waals surface area (Å²) in [7, 11) is 0. The van der Waals surface area contributed by atoms with E-state index in [4.69, 9.17) is 5.21 Å². The van der Waals surface area contributed by atoms with Gasteiger partial charge in [-0.2, -0.15) is 0 Å². The van der Waals surface area contributed by atoms with Gasteiger partial charge in [-0.25, -0.2) is 0 Å². The van der Waals surface area contributed by atoms with Crippen LogP contribution in [0.4, 0.5) is 0 Å². The Morgan fingerprint density at radius 2 is 2.00 bits per heavy atom. The van der Waals surface area contributed by atoms with Gasteiger partial charge in [0, 0.05) is 5.56 Å². The van der Waals surface area contributed by atoms with Crippen LogP contribution < -0.4 is 5.32 Å². The number of benzene rings is 1. The number of rotatable bonds is 1. The number of carbonyl (C=O) groups is 2. The second-order valence-corrected chi connectivity index (χ2v) is 3.62. The van der Waals surface area contributed by atoms with Gasteiger partial charge < -0.3 is 15.4 Å². The van der Waals surface area contributed by atoms with Crippen LogP contribution in [0.15, 0.2) is 35.5 Å². The largest absolute Gasteiger partial charge is 0.409 e. The normalized spacial score (nSPS) is 18.0. The highest BCUT2D eigenvalue weighted by molar-refractivity contribution is 6.07. The summed E-state index contributed by atoms with van der Waals surface area (Å²) in [6, 6.07) is 8.64. The van der Waals surface area contributed by atoms with E-state index < -0.39 is 0 Å². The maximum absolute atomic E-state index is 12.0. The van der Waals surface area contributed by atoms with E-state index in [1.165, 1.54) is 4.90 Å². The lowest BCUT2D eigenvalue weighted by molar-refractivity contribution is -0.121. The zero-order chi connectivity index (χ0) is 12.3. The van der Waals surface area contributed by atoms with Crippen molar-refractivity contribution in [2.75, 3.05) is 13.1 Å². The number of piperazine rings is 1. The molecule has 0 atom stereocenters. The molecule has 1 saturated heterocycles. The summed E-state index contributed by atoms with van der Waals surface area (Å²) in [6.07, 6.45) is 0. The highest BCUT2D eigenvalue weighted by Crippen LogP contribution is 2.06. The van der Waals surface area contributed by atoms with Crippen LogP contribution in [-0.2, 0) is 4.79 Å². The quantitative estimate of drug-likeness (QED) is 0.531. The van der Waals surface area contributed by atoms with Crippen molar-refractivity contribution in [1.29, 1.82) is 0 Å². The number of amides is 2. The van der Waals surface area contributed by atoms with Crippen molar-refractivity contribution < 1.29 is 14.8 Å². The minimum absolute atomic E-state index is 0.0350. The van der Waals surface area contributed by atoms with E-state index in [0.717, 1.165) is 0 Å². The van der Waals surface area contributed by atoms with Crippen molar-refractivity contribution in [1.82, 2.24) is 10.2 Å². The highest BCUT2D eigenvalue weighted by Gasteiger charge is 2.26. The molecule has 2 N–H and O–H groups in total. The zero-order valence-corrected chi connectivity index (χ0v) is 8.96. The van der Waals surface area contributed by atoms with E-state index in [2.05, 4.69) is 10.5 Å². The minimum atomic E-state index is -0.367. The maximum Gasteiger partial charge on any atom is 0.254 e. The van der Waals surface area contributed by atoms with Gasteiger partial charge >= 0.3 is 0 Å². The highest BCUT2D eigenvalue weighted by atomic mass is 16.4. The van der Waals surface area contributed by atoms with Crippen molar-refractivity contribution >= 4 is 17.6 Å². The first-order chi connectivity index (χ1) is 8.20. The van der Waals surface area contributed by atoms with E-state index in [0.29, 0.717) is 5.56 Å². The Kier molecular flexibility index (Phi) is 3.04. The fourth-order valence-corrected chi connectivity index (χ4v) is 1.61. The Labute approximate surface area is 97.5 Å². The van der Waals surface area contributed by atoms with Gasteiger partial charge in [0.15, 0.2) is 5.84 Å². The van der Waals surface area contributed by atoms with E-state index in [1.807, 2.05) is 0 Å². The standard InChI is InChI=1S/C11H11N3O3/c15-10-7-14(6-9(12-10)13-17)11(16)8-4-2-1-3-5-8/h1-5,17H,6-7H2,(H,12,13,15). The summed E-state index contributed by atoms with van der Waals surface area (Å²) in [4.78, 5) is 24.6. The summed E-state index contributed by atoms with van der Waals surface area (Å²) in [5.41, 5.74) is 0.500. The van der Waals surface area contributed by atoms with E-state index in [1.54, 1.807) is 30.3 Å². The van der Waals surface area contributed by atoms with Crippen LogP contribution in [0.2, 0.25) is 0 Å². The predicted octanol–water partition coefficient (Wildman–Crippen LogP) is 0.0463. The fourth-order valence-electron chi connectivity index (χ4n) is 1.61. The molecule has 0 aliphatic carbocycles. The Bertz CT molecular complexity index is 470. The number of nitrogens with zero attached hydrogens (tertiary/aromatic N) is 2. The summed E-state index contributed by atoms with van der Waals surface area (Å²) in [6.45, 7) is 0.0582. The smallest absolute Gasteiger partial charge is 0.254 e. The third-order valence-electron chi connectivity index (χ3n) is 2.39. The number of carbonyl (C=O) groups excluding carboxylic acids is 2. The fraction of sp³-hybridized carbons (Fsp3) is 0.182. The summed E-state index contributed by atoms with van der Waals surface area (Å²) < 4.78 is 0. The first-order valence-corrected chi connectivity index (χ1v) is 5.06. The van der Waals surface area contributed by atoms with Crippen LogP contribution >= 0.6 is 0 Å². The number of hydrogen-bond donors (Lipinski definition) is 2. The third kappa shape index (κ3) is 2.41. The molecule has 2 rings (SSSR count). The van der Waals surface area contributed by atoms with Crippen molar-refractivity contribution in [2.24, 2.45) is 5.16 Å². The SMILES string of the molecule is O=C1CN(C(=O)c2ccccc2)C/C(=N/O)N1. The molecule has 0 unspecified atom stereocenters. The molecule has 1 aromatic carbocycles. The molecule has 6 heteroatoms. The minimum Gasteiger partial charge on any atom is -0.409 e. The lowest BCUT2D eigenvalue weighted by Gasteiger charge is -2.26. The predicted molar refractivity (Wildman–Crippen MR) is 59.7 cm³/mol. The second kappa shape index (κ2) is 4.65. The first kappa shape index (κ1) is 11.1. The van der Waals surface area contributed by atoms with Gasteiger partial charge in [0.25, 0.3) is 5.91 Å². The molecular weight excluding hydrogens is 222 g/mol. The topological polar surface area (TPSA) is 82.0 Å². The van der Waals surface area contributed by atoms with Crippen molar-refractivity contribution in [2.45, 2.75) is 0 Å². The molecule has 0 saturated carbocycles. The van der Waals surface area contributed by atoms with E-state index in [-0.39, 0.29) is 30.7 Å². The molecule has 1 fully saturated rings. The molecule has 88 valence electrons. The average molecular weight is 233 g/mol. The second-order valence-electron chi connectivity index (χ2n) is 3.62. The van der Waals surface area contributed by atoms with Crippen molar-refractivity contribution in [3.63, 3.8) is 0 Å². The van der Waals surface area contributed by atoms with Crippen LogP contribution in [0.5, 0.6) is 0 Å². The molecule has 0 bridgehead atoms. The van der Waals surface area contributed by atoms with Gasteiger partial charge in [-0.05, 0) is 12.1 Å². The van der Waals surface area contributed by atoms with Crippen molar-refractivity contribution in [3.8, 4) is 0 Å². The van der Waals surface area contributed by atoms with E-state index >= 15 is 0 Å². The van der Waals surface area contributed by atoms with Crippen LogP contribution in [0.3, 0.4) is 0 Å². The molecule has 0 aromatic heterocycles. The number of nitrogens with one attached hydrogen (secondary N) is 1. The number of oxime groups is 1. The molecule has 6 nitrogen and oxygen atoms in total. The summed E-state index contributed by atoms with van der Waals surface area (Å²) >= 11 is 0. The lowest BCUT2D eigenvalue weighted by Crippen LogP contribution is -2.53. The van der Waals surface area contributed by atoms with Gasteiger partial charge in [-0.1, -0.05) is 23.4 Å². The van der Waals surface area contributed by atoms with Gasteiger partial charge in [-0.3, -0.25) is 9.59 Å². The monoisotopic (exact) mass is 233 g/mol. The average Bonchev–Trinajstić information content (AvgIpc) is 2.38. The summed E-state index contributed by atoms with van der Waals surface area (Å²) in [5, 5.41) is 13.9. The molecular formula is C11H11N3O3. The maximum atomic E-state index is 12.0. The molecule has 1 aliphatic rings. The van der Waals surface area contributed by atoms with Crippen LogP contribution in [0, 0.1) is 0 Å². The Balaban J connectivity index is 2.17. The van der Waals surface area contributed by atoms with Gasteiger partial charge in [0.2, 0.25) is 5.91 Å². The summed E-state index contributed by atoms with van der Waals surface area (Å²) in [5.74, 6) is -0.555. The zero-order valence-electron chi connectivity index (χ0n) is 8.96. The van der Waals surface area contributed by atoms with Gasteiger partial charge in [0.1, 0.15) is 6.54 Å². The Hall–Kier alpha value is -2.37. The van der Waals surface area contributed by atoms with Crippen LogP contribution in [0.1, 0.15) is 10.4 Å². The van der Waals surface area contributed by atoms with Gasteiger partial charge in [0.05, 0.1) is 6.54 Å². The molecule has 0 spiro atoms. The molecule has 1 aliphatic heterocycles.